The van der Waals surface area contributed by atoms with Gasteiger partial charge in [0.05, 0.1) is 0 Å². The number of urea groups is 1. The summed E-state index contributed by atoms with van der Waals surface area (Å²) in [5.74, 6) is 1.93. The largest absolute Gasteiger partial charge is 0.396 e. The van der Waals surface area contributed by atoms with Crippen molar-refractivity contribution in [1.82, 2.24) is 25.2 Å². The average molecular weight is 331 g/mol. The molecule has 0 saturated heterocycles. The van der Waals surface area contributed by atoms with Crippen LogP contribution in [-0.2, 0) is 6.54 Å². The van der Waals surface area contributed by atoms with Crippen molar-refractivity contribution in [2.24, 2.45) is 5.92 Å². The Hall–Kier alpha value is -2.41. The van der Waals surface area contributed by atoms with Gasteiger partial charge in [0.15, 0.2) is 0 Å². The maximum atomic E-state index is 12.0. The summed E-state index contributed by atoms with van der Waals surface area (Å²) in [7, 11) is 0. The number of amides is 2. The lowest BCUT2D eigenvalue weighted by Gasteiger charge is -2.21. The zero-order chi connectivity index (χ0) is 17.5. The van der Waals surface area contributed by atoms with Gasteiger partial charge < -0.3 is 15.7 Å². The number of rotatable bonds is 7. The number of carbonyl (C=O) groups is 1. The van der Waals surface area contributed by atoms with Gasteiger partial charge in [0.2, 0.25) is 0 Å². The molecule has 0 spiro atoms. The number of aromatic nitrogens is 3. The second-order valence-corrected chi connectivity index (χ2v) is 6.06. The fraction of sp³-hybridized carbons (Fsp3) is 0.471. The Kier molecular flexibility index (Phi) is 6.31. The van der Waals surface area contributed by atoms with Gasteiger partial charge >= 0.3 is 6.03 Å². The monoisotopic (exact) mass is 331 g/mol. The number of carbonyl (C=O) groups excluding carboxylic acids is 1. The van der Waals surface area contributed by atoms with Gasteiger partial charge in [-0.1, -0.05) is 19.9 Å². The van der Waals surface area contributed by atoms with Crippen LogP contribution < -0.4 is 10.6 Å². The maximum absolute atomic E-state index is 12.0. The van der Waals surface area contributed by atoms with E-state index in [2.05, 4.69) is 20.6 Å². The molecule has 24 heavy (non-hydrogen) atoms. The standard InChI is InChI=1S/C17H25N5O2/c1-12(2)15(6-9-23)21-17(24)20-11-14-4-5-16(19-10-14)22-8-7-18-13(22)3/h4-5,7-8,10,12,15,23H,6,9,11H2,1-3H3,(H2,20,21,24). The minimum Gasteiger partial charge on any atom is -0.396 e. The topological polar surface area (TPSA) is 92.1 Å². The third kappa shape index (κ3) is 4.79. The molecule has 2 aromatic heterocycles. The first kappa shape index (κ1) is 17.9. The van der Waals surface area contributed by atoms with Crippen LogP contribution in [0.1, 0.15) is 31.7 Å². The molecule has 7 heteroatoms. The molecule has 0 saturated carbocycles. The third-order valence-corrected chi connectivity index (χ3v) is 3.90. The highest BCUT2D eigenvalue weighted by Gasteiger charge is 2.15. The fourth-order valence-corrected chi connectivity index (χ4v) is 2.40. The molecular weight excluding hydrogens is 306 g/mol. The lowest BCUT2D eigenvalue weighted by atomic mass is 10.0. The van der Waals surface area contributed by atoms with Crippen molar-refractivity contribution >= 4 is 6.03 Å². The normalized spacial score (nSPS) is 12.2. The van der Waals surface area contributed by atoms with E-state index in [9.17, 15) is 4.79 Å². The second kappa shape index (κ2) is 8.44. The number of nitrogens with one attached hydrogen (secondary N) is 2. The summed E-state index contributed by atoms with van der Waals surface area (Å²) in [5.41, 5.74) is 0.912. The zero-order valence-corrected chi connectivity index (χ0v) is 14.4. The van der Waals surface area contributed by atoms with Crippen LogP contribution in [0.2, 0.25) is 0 Å². The lowest BCUT2D eigenvalue weighted by Crippen LogP contribution is -2.44. The number of pyridine rings is 1. The highest BCUT2D eigenvalue weighted by atomic mass is 16.3. The molecule has 7 nitrogen and oxygen atoms in total. The highest BCUT2D eigenvalue weighted by Crippen LogP contribution is 2.08. The molecule has 1 atom stereocenters. The molecule has 1 unspecified atom stereocenters. The van der Waals surface area contributed by atoms with Crippen molar-refractivity contribution in [1.29, 1.82) is 0 Å². The molecule has 2 aromatic rings. The molecule has 0 fully saturated rings. The molecule has 0 aromatic carbocycles. The van der Waals surface area contributed by atoms with Gasteiger partial charge in [0.25, 0.3) is 0 Å². The molecule has 0 bridgehead atoms. The Morgan fingerprint density at radius 3 is 2.67 bits per heavy atom. The Bertz CT molecular complexity index is 651. The van der Waals surface area contributed by atoms with Gasteiger partial charge in [-0.25, -0.2) is 14.8 Å². The van der Waals surface area contributed by atoms with Crippen LogP contribution in [0.15, 0.2) is 30.7 Å². The van der Waals surface area contributed by atoms with E-state index in [1.54, 1.807) is 12.4 Å². The summed E-state index contributed by atoms with van der Waals surface area (Å²) in [6, 6.07) is 3.54. The molecule has 130 valence electrons. The van der Waals surface area contributed by atoms with Crippen LogP contribution in [0, 0.1) is 12.8 Å². The van der Waals surface area contributed by atoms with E-state index in [1.807, 2.05) is 43.7 Å². The number of hydrogen-bond donors (Lipinski definition) is 3. The van der Waals surface area contributed by atoms with E-state index in [-0.39, 0.29) is 24.6 Å². The van der Waals surface area contributed by atoms with Crippen LogP contribution in [0.25, 0.3) is 5.82 Å². The van der Waals surface area contributed by atoms with E-state index < -0.39 is 0 Å². The fourth-order valence-electron chi connectivity index (χ4n) is 2.40. The average Bonchev–Trinajstić information content (AvgIpc) is 2.99. The van der Waals surface area contributed by atoms with Crippen molar-refractivity contribution < 1.29 is 9.90 Å². The first-order valence-corrected chi connectivity index (χ1v) is 8.11. The van der Waals surface area contributed by atoms with Gasteiger partial charge in [0, 0.05) is 37.8 Å². The van der Waals surface area contributed by atoms with Gasteiger partial charge in [-0.2, -0.15) is 0 Å². The maximum Gasteiger partial charge on any atom is 0.315 e. The van der Waals surface area contributed by atoms with Gasteiger partial charge in [-0.05, 0) is 30.9 Å². The van der Waals surface area contributed by atoms with E-state index in [4.69, 9.17) is 5.11 Å². The first-order chi connectivity index (χ1) is 11.5. The SMILES string of the molecule is Cc1nccn1-c1ccc(CNC(=O)NC(CCO)C(C)C)cn1. The zero-order valence-electron chi connectivity index (χ0n) is 14.4. The summed E-state index contributed by atoms with van der Waals surface area (Å²) < 4.78 is 1.89. The van der Waals surface area contributed by atoms with Gasteiger partial charge in [0.1, 0.15) is 11.6 Å². The predicted octanol–water partition coefficient (Wildman–Crippen LogP) is 1.78. The third-order valence-electron chi connectivity index (χ3n) is 3.90. The van der Waals surface area contributed by atoms with Crippen LogP contribution in [-0.4, -0.2) is 38.3 Å². The number of hydrogen-bond acceptors (Lipinski definition) is 4. The number of aliphatic hydroxyl groups excluding tert-OH is 1. The molecule has 2 rings (SSSR count). The van der Waals surface area contributed by atoms with Crippen LogP contribution >= 0.6 is 0 Å². The molecule has 3 N–H and O–H groups in total. The summed E-state index contributed by atoms with van der Waals surface area (Å²) in [6.07, 6.45) is 5.87. The number of nitrogens with zero attached hydrogens (tertiary/aromatic N) is 3. The Morgan fingerprint density at radius 1 is 1.33 bits per heavy atom. The number of imidazole rings is 1. The van der Waals surface area contributed by atoms with Crippen LogP contribution in [0.5, 0.6) is 0 Å². The Balaban J connectivity index is 1.88. The molecule has 2 amide bonds. The molecular formula is C17H25N5O2. The smallest absolute Gasteiger partial charge is 0.315 e. The predicted molar refractivity (Wildman–Crippen MR) is 91.8 cm³/mol. The molecule has 0 aliphatic heterocycles. The minimum atomic E-state index is -0.239. The minimum absolute atomic E-state index is 0.0419. The molecule has 0 aliphatic rings. The van der Waals surface area contributed by atoms with Crippen molar-refractivity contribution in [3.63, 3.8) is 0 Å². The van der Waals surface area contributed by atoms with Crippen molar-refractivity contribution in [2.75, 3.05) is 6.61 Å². The first-order valence-electron chi connectivity index (χ1n) is 8.11. The van der Waals surface area contributed by atoms with Gasteiger partial charge in [-0.3, -0.25) is 4.57 Å². The molecule has 0 aliphatic carbocycles. The molecule has 2 heterocycles. The lowest BCUT2D eigenvalue weighted by molar-refractivity contribution is 0.218. The van der Waals surface area contributed by atoms with Crippen molar-refractivity contribution in [3.05, 3.63) is 42.1 Å². The van der Waals surface area contributed by atoms with E-state index in [1.165, 1.54) is 0 Å². The van der Waals surface area contributed by atoms with E-state index in [0.29, 0.717) is 13.0 Å². The van der Waals surface area contributed by atoms with Gasteiger partial charge in [-0.15, -0.1) is 0 Å². The van der Waals surface area contributed by atoms with E-state index in [0.717, 1.165) is 17.2 Å². The number of aryl methyl sites for hydroxylation is 1. The van der Waals surface area contributed by atoms with Crippen LogP contribution in [0.4, 0.5) is 4.79 Å². The van der Waals surface area contributed by atoms with Crippen molar-refractivity contribution in [2.45, 2.75) is 39.8 Å². The summed E-state index contributed by atoms with van der Waals surface area (Å²) in [5, 5.41) is 14.7. The Labute approximate surface area is 142 Å². The van der Waals surface area contributed by atoms with Crippen LogP contribution in [0.3, 0.4) is 0 Å². The quantitative estimate of drug-likeness (QED) is 0.721. The van der Waals surface area contributed by atoms with E-state index >= 15 is 0 Å². The second-order valence-electron chi connectivity index (χ2n) is 6.06. The summed E-state index contributed by atoms with van der Waals surface area (Å²) in [6.45, 7) is 6.40. The highest BCUT2D eigenvalue weighted by molar-refractivity contribution is 5.74. The van der Waals surface area contributed by atoms with Crippen molar-refractivity contribution in [3.8, 4) is 5.82 Å². The summed E-state index contributed by atoms with van der Waals surface area (Å²) in [4.78, 5) is 20.5. The molecule has 0 radical (unpaired) electrons. The Morgan fingerprint density at radius 2 is 2.12 bits per heavy atom. The number of aliphatic hydroxyl groups is 1. The summed E-state index contributed by atoms with van der Waals surface area (Å²) >= 11 is 0.